The normalized spacial score (nSPS) is 17.4. The van der Waals surface area contributed by atoms with Gasteiger partial charge in [0.05, 0.1) is 29.5 Å². The van der Waals surface area contributed by atoms with Crippen LogP contribution in [0.4, 0.5) is 5.95 Å². The second-order valence-corrected chi connectivity index (χ2v) is 10.4. The molecule has 0 saturated carbocycles. The molecule has 1 saturated heterocycles. The summed E-state index contributed by atoms with van der Waals surface area (Å²) in [6.45, 7) is 3.63. The molecule has 2 aliphatic heterocycles. The number of nitrogens with zero attached hydrogens (tertiary/aromatic N) is 4. The average Bonchev–Trinajstić information content (AvgIpc) is 3.20. The molecular formula is C29H30ClN5O4. The largest absolute Gasteiger partial charge is 0.381 e. The van der Waals surface area contributed by atoms with Crippen molar-refractivity contribution < 1.29 is 19.1 Å². The molecule has 0 bridgehead atoms. The lowest BCUT2D eigenvalue weighted by Crippen LogP contribution is -2.40. The molecule has 2 aromatic carbocycles. The number of carbonyl (C=O) groups is 3. The van der Waals surface area contributed by atoms with Gasteiger partial charge in [-0.05, 0) is 50.1 Å². The van der Waals surface area contributed by atoms with Crippen LogP contribution in [0.3, 0.4) is 0 Å². The number of aldehydes is 1. The van der Waals surface area contributed by atoms with Gasteiger partial charge in [0.1, 0.15) is 6.29 Å². The van der Waals surface area contributed by atoms with E-state index in [1.54, 1.807) is 36.3 Å². The standard InChI is InChI=1S/C29H30ClN5O4/c1-18-23-5-3-4-6-24(23)28(38)35(18)26(37)16-34(2)15-20-8-7-19(13-21(20)17-36)27-25(30)14-31-29(33-27)32-22-9-11-39-12-10-22/h3-8,13-14,17-18,22H,9-12,15-16H2,1-2H3,(H,31,32,33). The molecule has 2 aliphatic rings. The fourth-order valence-corrected chi connectivity index (χ4v) is 5.34. The second-order valence-electron chi connectivity index (χ2n) is 9.96. The summed E-state index contributed by atoms with van der Waals surface area (Å²) in [6.07, 6.45) is 4.09. The molecule has 0 radical (unpaired) electrons. The summed E-state index contributed by atoms with van der Waals surface area (Å²) in [7, 11) is 1.79. The molecule has 1 fully saturated rings. The maximum absolute atomic E-state index is 13.1. The van der Waals surface area contributed by atoms with Gasteiger partial charge in [-0.2, -0.15) is 0 Å². The Morgan fingerprint density at radius 2 is 2.00 bits per heavy atom. The Labute approximate surface area is 232 Å². The van der Waals surface area contributed by atoms with Crippen LogP contribution < -0.4 is 5.32 Å². The van der Waals surface area contributed by atoms with E-state index < -0.39 is 0 Å². The Balaban J connectivity index is 1.28. The monoisotopic (exact) mass is 547 g/mol. The van der Waals surface area contributed by atoms with E-state index in [1.165, 1.54) is 4.90 Å². The average molecular weight is 548 g/mol. The van der Waals surface area contributed by atoms with Crippen molar-refractivity contribution >= 4 is 35.6 Å². The first-order valence-electron chi connectivity index (χ1n) is 12.9. The number of rotatable bonds is 8. The molecule has 39 heavy (non-hydrogen) atoms. The van der Waals surface area contributed by atoms with Crippen LogP contribution in [0.25, 0.3) is 11.3 Å². The van der Waals surface area contributed by atoms with Crippen LogP contribution in [0.2, 0.25) is 5.02 Å². The smallest absolute Gasteiger partial charge is 0.261 e. The van der Waals surface area contributed by atoms with E-state index in [9.17, 15) is 14.4 Å². The van der Waals surface area contributed by atoms with Crippen molar-refractivity contribution in [3.8, 4) is 11.3 Å². The van der Waals surface area contributed by atoms with Crippen LogP contribution in [0.15, 0.2) is 48.7 Å². The first-order valence-corrected chi connectivity index (χ1v) is 13.3. The molecule has 1 atom stereocenters. The number of nitrogens with one attached hydrogen (secondary N) is 1. The van der Waals surface area contributed by atoms with Gasteiger partial charge in [-0.25, -0.2) is 9.97 Å². The van der Waals surface area contributed by atoms with Gasteiger partial charge in [0.2, 0.25) is 11.9 Å². The van der Waals surface area contributed by atoms with Crippen molar-refractivity contribution in [2.75, 3.05) is 32.1 Å². The van der Waals surface area contributed by atoms with E-state index in [0.29, 0.717) is 53.1 Å². The SMILES string of the molecule is CC1c2ccccc2C(=O)N1C(=O)CN(C)Cc1ccc(-c2nc(NC3CCOCC3)ncc2Cl)cc1C=O. The Morgan fingerprint density at radius 1 is 1.23 bits per heavy atom. The number of likely N-dealkylation sites (N-methyl/N-ethyl adjacent to an activating group) is 1. The van der Waals surface area contributed by atoms with Crippen molar-refractivity contribution in [1.82, 2.24) is 19.8 Å². The second kappa shape index (κ2) is 11.6. The van der Waals surface area contributed by atoms with Crippen LogP contribution in [0.1, 0.15) is 57.7 Å². The number of anilines is 1. The zero-order chi connectivity index (χ0) is 27.5. The number of halogens is 1. The van der Waals surface area contributed by atoms with Crippen molar-refractivity contribution in [3.63, 3.8) is 0 Å². The Hall–Kier alpha value is -3.66. The van der Waals surface area contributed by atoms with E-state index >= 15 is 0 Å². The Bertz CT molecular complexity index is 1410. The van der Waals surface area contributed by atoms with E-state index in [2.05, 4.69) is 15.3 Å². The highest BCUT2D eigenvalue weighted by atomic mass is 35.5. The molecule has 3 aromatic rings. The molecule has 10 heteroatoms. The van der Waals surface area contributed by atoms with Gasteiger partial charge in [-0.1, -0.05) is 41.9 Å². The summed E-state index contributed by atoms with van der Waals surface area (Å²) in [4.78, 5) is 50.0. The van der Waals surface area contributed by atoms with Gasteiger partial charge in [0.15, 0.2) is 0 Å². The van der Waals surface area contributed by atoms with Crippen LogP contribution in [0.5, 0.6) is 0 Å². The molecular weight excluding hydrogens is 518 g/mol. The molecule has 1 N–H and O–H groups in total. The molecule has 0 spiro atoms. The molecule has 9 nitrogen and oxygen atoms in total. The third kappa shape index (κ3) is 5.71. The maximum Gasteiger partial charge on any atom is 0.261 e. The molecule has 0 aliphatic carbocycles. The van der Waals surface area contributed by atoms with Crippen molar-refractivity contribution in [2.24, 2.45) is 0 Å². The van der Waals surface area contributed by atoms with Gasteiger partial charge in [0.25, 0.3) is 5.91 Å². The molecule has 2 amide bonds. The summed E-state index contributed by atoms with van der Waals surface area (Å²) >= 11 is 6.43. The third-order valence-corrected chi connectivity index (χ3v) is 7.48. The van der Waals surface area contributed by atoms with Gasteiger partial charge in [0, 0.05) is 42.5 Å². The highest BCUT2D eigenvalue weighted by molar-refractivity contribution is 6.32. The van der Waals surface area contributed by atoms with Crippen molar-refractivity contribution in [2.45, 2.75) is 38.4 Å². The summed E-state index contributed by atoms with van der Waals surface area (Å²) in [5.74, 6) is -0.0845. The minimum atomic E-state index is -0.317. The number of aromatic nitrogens is 2. The quantitative estimate of drug-likeness (QED) is 0.414. The van der Waals surface area contributed by atoms with Crippen LogP contribution in [0, 0.1) is 0 Å². The minimum absolute atomic E-state index is 0.0308. The summed E-state index contributed by atoms with van der Waals surface area (Å²) in [5.41, 5.74) is 3.86. The maximum atomic E-state index is 13.1. The van der Waals surface area contributed by atoms with Crippen LogP contribution in [-0.4, -0.2) is 70.7 Å². The zero-order valence-electron chi connectivity index (χ0n) is 21.9. The molecule has 5 rings (SSSR count). The van der Waals surface area contributed by atoms with Gasteiger partial charge < -0.3 is 10.1 Å². The summed E-state index contributed by atoms with van der Waals surface area (Å²) in [6, 6.07) is 12.6. The number of carbonyl (C=O) groups excluding carboxylic acids is 3. The highest BCUT2D eigenvalue weighted by Crippen LogP contribution is 2.33. The fraction of sp³-hybridized carbons (Fsp3) is 0.345. The predicted octanol–water partition coefficient (Wildman–Crippen LogP) is 4.38. The topological polar surface area (TPSA) is 105 Å². The van der Waals surface area contributed by atoms with E-state index in [-0.39, 0.29) is 30.4 Å². The number of benzene rings is 2. The van der Waals surface area contributed by atoms with Crippen molar-refractivity contribution in [1.29, 1.82) is 0 Å². The number of hydrogen-bond acceptors (Lipinski definition) is 8. The van der Waals surface area contributed by atoms with E-state index in [4.69, 9.17) is 16.3 Å². The van der Waals surface area contributed by atoms with E-state index in [0.717, 1.165) is 30.3 Å². The predicted molar refractivity (Wildman–Crippen MR) is 148 cm³/mol. The lowest BCUT2D eigenvalue weighted by molar-refractivity contribution is -0.130. The number of hydrogen-bond donors (Lipinski definition) is 1. The zero-order valence-corrected chi connectivity index (χ0v) is 22.6. The highest BCUT2D eigenvalue weighted by Gasteiger charge is 2.37. The van der Waals surface area contributed by atoms with E-state index in [1.807, 2.05) is 31.2 Å². The Kier molecular flexibility index (Phi) is 8.02. The van der Waals surface area contributed by atoms with Crippen molar-refractivity contribution in [3.05, 3.63) is 75.9 Å². The lowest BCUT2D eigenvalue weighted by Gasteiger charge is -2.24. The Morgan fingerprint density at radius 3 is 2.74 bits per heavy atom. The van der Waals surface area contributed by atoms with Gasteiger partial charge in [-0.15, -0.1) is 0 Å². The number of fused-ring (bicyclic) bond motifs is 1. The summed E-state index contributed by atoms with van der Waals surface area (Å²) < 4.78 is 5.41. The van der Waals surface area contributed by atoms with Gasteiger partial charge in [-0.3, -0.25) is 24.2 Å². The van der Waals surface area contributed by atoms with Crippen LogP contribution >= 0.6 is 11.6 Å². The fourth-order valence-electron chi connectivity index (χ4n) is 5.14. The first kappa shape index (κ1) is 26.9. The molecule has 1 unspecified atom stereocenters. The molecule has 3 heterocycles. The third-order valence-electron chi connectivity index (χ3n) is 7.21. The molecule has 202 valence electrons. The minimum Gasteiger partial charge on any atom is -0.381 e. The number of amides is 2. The van der Waals surface area contributed by atoms with Gasteiger partial charge >= 0.3 is 0 Å². The first-order chi connectivity index (χ1) is 18.9. The number of ether oxygens (including phenoxy) is 1. The molecule has 1 aromatic heterocycles. The summed E-state index contributed by atoms with van der Waals surface area (Å²) in [5, 5.41) is 3.72. The van der Waals surface area contributed by atoms with Crippen LogP contribution in [-0.2, 0) is 16.1 Å². The lowest BCUT2D eigenvalue weighted by atomic mass is 10.0. The number of imide groups is 1.